The molecule has 2 aromatic rings. The molecule has 0 spiro atoms. The second-order valence-corrected chi connectivity index (χ2v) is 5.79. The lowest BCUT2D eigenvalue weighted by Crippen LogP contribution is -2.54. The first-order chi connectivity index (χ1) is 9.65. The maximum absolute atomic E-state index is 6.52. The molecule has 1 fully saturated rings. The van der Waals surface area contributed by atoms with Gasteiger partial charge in [-0.2, -0.15) is 0 Å². The fourth-order valence-electron chi connectivity index (χ4n) is 2.94. The van der Waals surface area contributed by atoms with E-state index in [0.717, 1.165) is 30.5 Å². The van der Waals surface area contributed by atoms with Crippen molar-refractivity contribution >= 4 is 10.9 Å². The van der Waals surface area contributed by atoms with E-state index in [-0.39, 0.29) is 6.04 Å². The number of fused-ring (bicyclic) bond motifs is 1. The normalized spacial score (nSPS) is 23.1. The number of benzene rings is 1. The SMILES string of the molecule is CN1CCN(C)C(C(N)c2ccc3cccnc3c2)C1. The van der Waals surface area contributed by atoms with Gasteiger partial charge in [0.05, 0.1) is 5.52 Å². The molecule has 0 amide bonds. The summed E-state index contributed by atoms with van der Waals surface area (Å²) in [4.78, 5) is 9.14. The Bertz CT molecular complexity index is 598. The molecule has 20 heavy (non-hydrogen) atoms. The van der Waals surface area contributed by atoms with Gasteiger partial charge in [0.2, 0.25) is 0 Å². The highest BCUT2D eigenvalue weighted by Crippen LogP contribution is 2.23. The van der Waals surface area contributed by atoms with Crippen LogP contribution in [0.5, 0.6) is 0 Å². The van der Waals surface area contributed by atoms with Crippen LogP contribution in [0.4, 0.5) is 0 Å². The second-order valence-electron chi connectivity index (χ2n) is 5.79. The number of hydrogen-bond donors (Lipinski definition) is 1. The van der Waals surface area contributed by atoms with Crippen molar-refractivity contribution in [3.63, 3.8) is 0 Å². The zero-order valence-electron chi connectivity index (χ0n) is 12.2. The largest absolute Gasteiger partial charge is 0.323 e. The summed E-state index contributed by atoms with van der Waals surface area (Å²) in [6.45, 7) is 3.19. The van der Waals surface area contributed by atoms with Gasteiger partial charge < -0.3 is 10.6 Å². The summed E-state index contributed by atoms with van der Waals surface area (Å²) in [5, 5.41) is 1.16. The summed E-state index contributed by atoms with van der Waals surface area (Å²) in [6, 6.07) is 10.8. The quantitative estimate of drug-likeness (QED) is 0.898. The average molecular weight is 270 g/mol. The van der Waals surface area contributed by atoms with E-state index in [1.807, 2.05) is 12.3 Å². The van der Waals surface area contributed by atoms with E-state index >= 15 is 0 Å². The Balaban J connectivity index is 1.89. The minimum Gasteiger partial charge on any atom is -0.323 e. The molecule has 1 aromatic carbocycles. The van der Waals surface area contributed by atoms with Crippen LogP contribution in [-0.4, -0.2) is 54.6 Å². The van der Waals surface area contributed by atoms with Gasteiger partial charge in [-0.1, -0.05) is 18.2 Å². The number of piperazine rings is 1. The van der Waals surface area contributed by atoms with E-state index in [0.29, 0.717) is 6.04 Å². The summed E-state index contributed by atoms with van der Waals surface area (Å²) in [5.74, 6) is 0. The van der Waals surface area contributed by atoms with Gasteiger partial charge in [-0.05, 0) is 31.8 Å². The zero-order chi connectivity index (χ0) is 14.1. The number of likely N-dealkylation sites (N-methyl/N-ethyl adjacent to an activating group) is 2. The fourth-order valence-corrected chi connectivity index (χ4v) is 2.94. The lowest BCUT2D eigenvalue weighted by Gasteiger charge is -2.40. The third kappa shape index (κ3) is 2.54. The Morgan fingerprint density at radius 2 is 2.10 bits per heavy atom. The molecular weight excluding hydrogens is 248 g/mol. The van der Waals surface area contributed by atoms with Crippen LogP contribution in [0, 0.1) is 0 Å². The van der Waals surface area contributed by atoms with Crippen LogP contribution in [0.3, 0.4) is 0 Å². The highest BCUT2D eigenvalue weighted by atomic mass is 15.3. The van der Waals surface area contributed by atoms with E-state index in [2.05, 4.69) is 53.1 Å². The molecule has 3 rings (SSSR count). The van der Waals surface area contributed by atoms with Crippen LogP contribution < -0.4 is 5.73 Å². The highest BCUT2D eigenvalue weighted by molar-refractivity contribution is 5.79. The van der Waals surface area contributed by atoms with Crippen LogP contribution in [-0.2, 0) is 0 Å². The van der Waals surface area contributed by atoms with Crippen LogP contribution in [0.2, 0.25) is 0 Å². The lowest BCUT2D eigenvalue weighted by molar-refractivity contribution is 0.0974. The molecule has 0 aliphatic carbocycles. The van der Waals surface area contributed by atoms with E-state index in [1.54, 1.807) is 0 Å². The minimum atomic E-state index is 0.0224. The molecule has 1 aliphatic rings. The van der Waals surface area contributed by atoms with Crippen molar-refractivity contribution in [3.8, 4) is 0 Å². The Kier molecular flexibility index (Phi) is 3.70. The lowest BCUT2D eigenvalue weighted by atomic mass is 9.96. The molecule has 4 nitrogen and oxygen atoms in total. The summed E-state index contributed by atoms with van der Waals surface area (Å²) < 4.78 is 0. The van der Waals surface area contributed by atoms with E-state index < -0.39 is 0 Å². The molecule has 2 atom stereocenters. The number of nitrogens with zero attached hydrogens (tertiary/aromatic N) is 3. The summed E-state index contributed by atoms with van der Waals surface area (Å²) >= 11 is 0. The zero-order valence-corrected chi connectivity index (χ0v) is 12.2. The Hall–Kier alpha value is -1.49. The first kappa shape index (κ1) is 13.5. The molecule has 2 N–H and O–H groups in total. The second kappa shape index (κ2) is 5.48. The number of hydrogen-bond acceptors (Lipinski definition) is 4. The Morgan fingerprint density at radius 3 is 2.95 bits per heavy atom. The monoisotopic (exact) mass is 270 g/mol. The smallest absolute Gasteiger partial charge is 0.0705 e. The van der Waals surface area contributed by atoms with Crippen molar-refractivity contribution in [1.82, 2.24) is 14.8 Å². The van der Waals surface area contributed by atoms with Crippen molar-refractivity contribution in [2.75, 3.05) is 33.7 Å². The number of aromatic nitrogens is 1. The minimum absolute atomic E-state index is 0.0224. The molecule has 0 bridgehead atoms. The van der Waals surface area contributed by atoms with Crippen molar-refractivity contribution in [2.24, 2.45) is 5.73 Å². The number of pyridine rings is 1. The molecule has 1 aliphatic heterocycles. The standard InChI is InChI=1S/C16H22N4/c1-19-8-9-20(2)15(11-19)16(17)13-6-5-12-4-3-7-18-14(12)10-13/h3-7,10,15-16H,8-9,11,17H2,1-2H3. The molecule has 106 valence electrons. The van der Waals surface area contributed by atoms with Crippen LogP contribution in [0.15, 0.2) is 36.5 Å². The van der Waals surface area contributed by atoms with Crippen LogP contribution >= 0.6 is 0 Å². The van der Waals surface area contributed by atoms with Gasteiger partial charge in [-0.3, -0.25) is 9.88 Å². The van der Waals surface area contributed by atoms with Gasteiger partial charge in [0.25, 0.3) is 0 Å². The predicted octanol–water partition coefficient (Wildman–Crippen LogP) is 1.48. The average Bonchev–Trinajstić information content (AvgIpc) is 2.48. The molecule has 1 aromatic heterocycles. The number of rotatable bonds is 2. The third-order valence-electron chi connectivity index (χ3n) is 4.33. The van der Waals surface area contributed by atoms with Gasteiger partial charge in [0, 0.05) is 43.3 Å². The van der Waals surface area contributed by atoms with Crippen molar-refractivity contribution in [2.45, 2.75) is 12.1 Å². The third-order valence-corrected chi connectivity index (χ3v) is 4.33. The van der Waals surface area contributed by atoms with Crippen molar-refractivity contribution in [3.05, 3.63) is 42.1 Å². The van der Waals surface area contributed by atoms with Gasteiger partial charge in [-0.25, -0.2) is 0 Å². The van der Waals surface area contributed by atoms with E-state index in [1.165, 1.54) is 5.56 Å². The molecule has 0 saturated carbocycles. The molecule has 4 heteroatoms. The van der Waals surface area contributed by atoms with Crippen LogP contribution in [0.25, 0.3) is 10.9 Å². The Labute approximate surface area is 120 Å². The number of nitrogens with two attached hydrogens (primary N) is 1. The molecular formula is C16H22N4. The molecule has 1 saturated heterocycles. The van der Waals surface area contributed by atoms with Crippen LogP contribution in [0.1, 0.15) is 11.6 Å². The molecule has 0 radical (unpaired) electrons. The van der Waals surface area contributed by atoms with E-state index in [4.69, 9.17) is 5.73 Å². The van der Waals surface area contributed by atoms with E-state index in [9.17, 15) is 0 Å². The van der Waals surface area contributed by atoms with Gasteiger partial charge in [-0.15, -0.1) is 0 Å². The van der Waals surface area contributed by atoms with Gasteiger partial charge >= 0.3 is 0 Å². The summed E-state index contributed by atoms with van der Waals surface area (Å²) in [5.41, 5.74) is 8.71. The van der Waals surface area contributed by atoms with Gasteiger partial charge in [0.1, 0.15) is 0 Å². The summed E-state index contributed by atoms with van der Waals surface area (Å²) in [6.07, 6.45) is 1.83. The first-order valence-electron chi connectivity index (χ1n) is 7.14. The van der Waals surface area contributed by atoms with Crippen molar-refractivity contribution < 1.29 is 0 Å². The molecule has 2 unspecified atom stereocenters. The maximum atomic E-state index is 6.52. The Morgan fingerprint density at radius 1 is 1.25 bits per heavy atom. The maximum Gasteiger partial charge on any atom is 0.0705 e. The summed E-state index contributed by atoms with van der Waals surface area (Å²) in [7, 11) is 4.32. The highest BCUT2D eigenvalue weighted by Gasteiger charge is 2.28. The predicted molar refractivity (Wildman–Crippen MR) is 82.6 cm³/mol. The fraction of sp³-hybridized carbons (Fsp3) is 0.438. The van der Waals surface area contributed by atoms with Gasteiger partial charge in [0.15, 0.2) is 0 Å². The van der Waals surface area contributed by atoms with Crippen molar-refractivity contribution in [1.29, 1.82) is 0 Å². The molecule has 2 heterocycles. The first-order valence-corrected chi connectivity index (χ1v) is 7.14. The topological polar surface area (TPSA) is 45.4 Å².